The van der Waals surface area contributed by atoms with Crippen molar-refractivity contribution in [3.8, 4) is 11.5 Å². The normalized spacial score (nSPS) is 14.0. The number of fused-ring (bicyclic) bond motifs is 1. The number of piperidine rings is 1. The van der Waals surface area contributed by atoms with Gasteiger partial charge in [0.1, 0.15) is 10.6 Å². The van der Waals surface area contributed by atoms with Crippen LogP contribution < -0.4 is 19.7 Å². The molecule has 1 aliphatic heterocycles. The van der Waals surface area contributed by atoms with Crippen molar-refractivity contribution >= 4 is 50.7 Å². The lowest BCUT2D eigenvalue weighted by Crippen LogP contribution is -2.30. The number of anilines is 2. The average Bonchev–Trinajstić information content (AvgIpc) is 3.23. The van der Waals surface area contributed by atoms with Crippen LogP contribution in [-0.2, 0) is 0 Å². The molecule has 1 aromatic carbocycles. The number of hydrogen-bond donors (Lipinski definition) is 1. The molecule has 0 radical (unpaired) electrons. The number of rotatable bonds is 6. The Morgan fingerprint density at radius 2 is 1.87 bits per heavy atom. The number of thiophene rings is 1. The van der Waals surface area contributed by atoms with E-state index < -0.39 is 0 Å². The summed E-state index contributed by atoms with van der Waals surface area (Å²) in [5.74, 6) is 1.93. The van der Waals surface area contributed by atoms with Gasteiger partial charge in [0.2, 0.25) is 0 Å². The lowest BCUT2D eigenvalue weighted by atomic mass is 10.1. The first-order chi connectivity index (χ1) is 14.6. The average molecular weight is 445 g/mol. The minimum Gasteiger partial charge on any atom is -0.493 e. The summed E-state index contributed by atoms with van der Waals surface area (Å²) in [6.45, 7) is 1.98. The van der Waals surface area contributed by atoms with Crippen LogP contribution in [0.25, 0.3) is 10.2 Å². The fraction of sp³-hybridized carbons (Fsp3) is 0.381. The lowest BCUT2D eigenvalue weighted by Gasteiger charge is -2.28. The Morgan fingerprint density at radius 1 is 1.10 bits per heavy atom. The van der Waals surface area contributed by atoms with Crippen molar-refractivity contribution in [2.75, 3.05) is 43.8 Å². The van der Waals surface area contributed by atoms with Gasteiger partial charge in [-0.2, -0.15) is 0 Å². The van der Waals surface area contributed by atoms with Crippen molar-refractivity contribution in [1.29, 1.82) is 0 Å². The van der Waals surface area contributed by atoms with Gasteiger partial charge in [0.15, 0.2) is 16.7 Å². The molecule has 1 aliphatic rings. The molecule has 2 aromatic heterocycles. The zero-order valence-corrected chi connectivity index (χ0v) is 18.9. The van der Waals surface area contributed by atoms with Crippen molar-refractivity contribution in [1.82, 2.24) is 9.97 Å². The van der Waals surface area contributed by atoms with E-state index in [0.717, 1.165) is 47.1 Å². The van der Waals surface area contributed by atoms with Crippen molar-refractivity contribution in [2.45, 2.75) is 24.4 Å². The Morgan fingerprint density at radius 3 is 2.57 bits per heavy atom. The molecule has 1 amide bonds. The minimum atomic E-state index is -0.180. The highest BCUT2D eigenvalue weighted by Gasteiger charge is 2.21. The molecule has 3 aromatic rings. The number of thioether (sulfide) groups is 1. The number of nitrogens with one attached hydrogen (secondary N) is 1. The van der Waals surface area contributed by atoms with Gasteiger partial charge in [0, 0.05) is 24.8 Å². The van der Waals surface area contributed by atoms with Gasteiger partial charge in [-0.3, -0.25) is 4.79 Å². The van der Waals surface area contributed by atoms with Crippen molar-refractivity contribution < 1.29 is 14.3 Å². The summed E-state index contributed by atoms with van der Waals surface area (Å²) in [4.78, 5) is 26.1. The van der Waals surface area contributed by atoms with E-state index in [-0.39, 0.29) is 5.91 Å². The van der Waals surface area contributed by atoms with Crippen LogP contribution in [0.5, 0.6) is 11.5 Å². The maximum atomic E-state index is 12.9. The van der Waals surface area contributed by atoms with Crippen LogP contribution in [0.15, 0.2) is 29.4 Å². The van der Waals surface area contributed by atoms with Gasteiger partial charge in [-0.1, -0.05) is 11.8 Å². The molecule has 1 fully saturated rings. The monoisotopic (exact) mass is 444 g/mol. The summed E-state index contributed by atoms with van der Waals surface area (Å²) in [5.41, 5.74) is 0.641. The van der Waals surface area contributed by atoms with Crippen LogP contribution >= 0.6 is 23.1 Å². The quantitative estimate of drug-likeness (QED) is 0.437. The Labute approximate surface area is 183 Å². The summed E-state index contributed by atoms with van der Waals surface area (Å²) in [6, 6.07) is 7.21. The standard InChI is InChI=1S/C21H24N4O3S2/c1-27-15-8-7-13(11-16(15)28-2)22-19(26)17-12-14-18(25-9-5-4-6-10-25)23-21(29-3)24-20(14)30-17/h7-8,11-12H,4-6,9-10H2,1-3H3,(H,22,26). The molecule has 0 aliphatic carbocycles. The van der Waals surface area contributed by atoms with E-state index in [1.807, 2.05) is 12.3 Å². The van der Waals surface area contributed by atoms with E-state index in [0.29, 0.717) is 22.1 Å². The summed E-state index contributed by atoms with van der Waals surface area (Å²) >= 11 is 2.91. The highest BCUT2D eigenvalue weighted by Crippen LogP contribution is 2.35. The summed E-state index contributed by atoms with van der Waals surface area (Å²) in [6.07, 6.45) is 5.55. The third kappa shape index (κ3) is 4.17. The molecule has 0 saturated carbocycles. The van der Waals surface area contributed by atoms with E-state index in [2.05, 4.69) is 15.2 Å². The highest BCUT2D eigenvalue weighted by atomic mass is 32.2. The Balaban J connectivity index is 1.65. The third-order valence-corrected chi connectivity index (χ3v) is 6.63. The van der Waals surface area contributed by atoms with Gasteiger partial charge in [-0.15, -0.1) is 11.3 Å². The zero-order valence-electron chi connectivity index (χ0n) is 17.2. The first-order valence-electron chi connectivity index (χ1n) is 9.77. The number of benzene rings is 1. The maximum Gasteiger partial charge on any atom is 0.265 e. The number of nitrogens with zero attached hydrogens (tertiary/aromatic N) is 3. The second-order valence-electron chi connectivity index (χ2n) is 6.93. The molecular weight excluding hydrogens is 420 g/mol. The van der Waals surface area contributed by atoms with Crippen LogP contribution in [0.1, 0.15) is 28.9 Å². The van der Waals surface area contributed by atoms with E-state index in [4.69, 9.17) is 14.5 Å². The summed E-state index contributed by atoms with van der Waals surface area (Å²) in [5, 5.41) is 4.62. The molecule has 9 heteroatoms. The molecule has 30 heavy (non-hydrogen) atoms. The highest BCUT2D eigenvalue weighted by molar-refractivity contribution is 7.98. The Bertz CT molecular complexity index is 1060. The molecule has 4 rings (SSSR count). The van der Waals surface area contributed by atoms with E-state index >= 15 is 0 Å². The predicted molar refractivity (Wildman–Crippen MR) is 123 cm³/mol. The fourth-order valence-electron chi connectivity index (χ4n) is 3.54. The lowest BCUT2D eigenvalue weighted by molar-refractivity contribution is 0.103. The number of aromatic nitrogens is 2. The molecule has 158 valence electrons. The van der Waals surface area contributed by atoms with Crippen LogP contribution in [0.4, 0.5) is 11.5 Å². The van der Waals surface area contributed by atoms with Crippen molar-refractivity contribution in [2.24, 2.45) is 0 Å². The Kier molecular flexibility index (Phi) is 6.29. The van der Waals surface area contributed by atoms with Gasteiger partial charge in [-0.05, 0) is 43.7 Å². The van der Waals surface area contributed by atoms with Gasteiger partial charge in [0.05, 0.1) is 24.5 Å². The number of amides is 1. The molecule has 0 bridgehead atoms. The number of ether oxygens (including phenoxy) is 2. The molecular formula is C21H24N4O3S2. The van der Waals surface area contributed by atoms with Crippen LogP contribution in [0.2, 0.25) is 0 Å². The van der Waals surface area contributed by atoms with Gasteiger partial charge < -0.3 is 19.7 Å². The predicted octanol–water partition coefficient (Wildman–Crippen LogP) is 4.67. The second kappa shape index (κ2) is 9.09. The molecule has 0 atom stereocenters. The number of methoxy groups -OCH3 is 2. The molecule has 0 unspecified atom stereocenters. The third-order valence-electron chi connectivity index (χ3n) is 5.06. The first kappa shape index (κ1) is 20.7. The number of carbonyl (C=O) groups excluding carboxylic acids is 1. The smallest absolute Gasteiger partial charge is 0.265 e. The first-order valence-corrected chi connectivity index (χ1v) is 11.8. The summed E-state index contributed by atoms with van der Waals surface area (Å²) < 4.78 is 10.6. The fourth-order valence-corrected chi connectivity index (χ4v) is 4.88. The van der Waals surface area contributed by atoms with Crippen molar-refractivity contribution in [3.05, 3.63) is 29.1 Å². The van der Waals surface area contributed by atoms with E-state index in [1.54, 1.807) is 32.4 Å². The molecule has 7 nitrogen and oxygen atoms in total. The van der Waals surface area contributed by atoms with Gasteiger partial charge in [0.25, 0.3) is 5.91 Å². The molecule has 3 heterocycles. The van der Waals surface area contributed by atoms with Crippen LogP contribution in [0.3, 0.4) is 0 Å². The number of hydrogen-bond acceptors (Lipinski definition) is 8. The largest absolute Gasteiger partial charge is 0.493 e. The van der Waals surface area contributed by atoms with Crippen molar-refractivity contribution in [3.63, 3.8) is 0 Å². The summed E-state index contributed by atoms with van der Waals surface area (Å²) in [7, 11) is 3.15. The SMILES string of the molecule is COc1ccc(NC(=O)c2cc3c(N4CCCCC4)nc(SC)nc3s2)cc1OC. The molecule has 1 N–H and O–H groups in total. The minimum absolute atomic E-state index is 0.180. The topological polar surface area (TPSA) is 76.6 Å². The molecule has 1 saturated heterocycles. The zero-order chi connectivity index (χ0) is 21.1. The number of carbonyl (C=O) groups is 1. The van der Waals surface area contributed by atoms with E-state index in [9.17, 15) is 4.79 Å². The molecule has 0 spiro atoms. The van der Waals surface area contributed by atoms with Gasteiger partial charge >= 0.3 is 0 Å². The van der Waals surface area contributed by atoms with Gasteiger partial charge in [-0.25, -0.2) is 9.97 Å². The van der Waals surface area contributed by atoms with Crippen LogP contribution in [0, 0.1) is 0 Å². The van der Waals surface area contributed by atoms with Crippen LogP contribution in [-0.4, -0.2) is 49.4 Å². The maximum absolute atomic E-state index is 12.9. The Hall–Kier alpha value is -2.52. The second-order valence-corrected chi connectivity index (χ2v) is 8.74. The van der Waals surface area contributed by atoms with E-state index in [1.165, 1.54) is 29.5 Å².